The lowest BCUT2D eigenvalue weighted by Gasteiger charge is -2.05. The van der Waals surface area contributed by atoms with E-state index in [4.69, 9.17) is 0 Å². The molecule has 0 fully saturated rings. The number of halogens is 1. The molecule has 0 aromatic carbocycles. The van der Waals surface area contributed by atoms with Gasteiger partial charge in [0.15, 0.2) is 0 Å². The molecule has 2 nitrogen and oxygen atoms in total. The molecule has 0 atom stereocenters. The van der Waals surface area contributed by atoms with Gasteiger partial charge in [-0.15, -0.1) is 0 Å². The normalized spacial score (nSPS) is 17.7. The Morgan fingerprint density at radius 1 is 1.78 bits per heavy atom. The molecule has 0 saturated heterocycles. The molecule has 1 heterocycles. The summed E-state index contributed by atoms with van der Waals surface area (Å²) < 4.78 is 0. The zero-order valence-electron chi connectivity index (χ0n) is 4.84. The Labute approximate surface area is 62.5 Å². The molecule has 0 aromatic heterocycles. The van der Waals surface area contributed by atoms with E-state index in [-0.39, 0.29) is 0 Å². The van der Waals surface area contributed by atoms with E-state index in [1.54, 1.807) is 6.21 Å². The quantitative estimate of drug-likeness (QED) is 0.659. The van der Waals surface area contributed by atoms with Gasteiger partial charge in [-0.2, -0.15) is 0 Å². The zero-order valence-corrected chi connectivity index (χ0v) is 6.43. The number of rotatable bonds is 1. The van der Waals surface area contributed by atoms with Gasteiger partial charge in [0.1, 0.15) is 6.67 Å². The lowest BCUT2D eigenvalue weighted by atomic mass is 10.4. The Morgan fingerprint density at radius 3 is 3.22 bits per heavy atom. The molecule has 48 valence electrons. The Kier molecular flexibility index (Phi) is 2.51. The molecule has 0 aromatic rings. The van der Waals surface area contributed by atoms with Gasteiger partial charge < -0.3 is 5.32 Å². The van der Waals surface area contributed by atoms with E-state index in [0.29, 0.717) is 6.67 Å². The van der Waals surface area contributed by atoms with Crippen LogP contribution in [0.15, 0.2) is 27.8 Å². The third-order valence-corrected chi connectivity index (χ3v) is 1.24. The van der Waals surface area contributed by atoms with Crippen LogP contribution in [0, 0.1) is 0 Å². The average Bonchev–Trinajstić information content (AvgIpc) is 1.91. The van der Waals surface area contributed by atoms with Crippen molar-refractivity contribution in [2.45, 2.75) is 0 Å². The summed E-state index contributed by atoms with van der Waals surface area (Å²) in [4.78, 5) is 5.76. The summed E-state index contributed by atoms with van der Waals surface area (Å²) in [5.41, 5.74) is 1.09. The van der Waals surface area contributed by atoms with Gasteiger partial charge in [-0.05, 0) is 17.1 Å². The second-order valence-electron chi connectivity index (χ2n) is 1.58. The minimum Gasteiger partial charge on any atom is -0.366 e. The first-order chi connectivity index (χ1) is 4.43. The van der Waals surface area contributed by atoms with Crippen LogP contribution in [0.3, 0.4) is 0 Å². The van der Waals surface area contributed by atoms with E-state index in [1.807, 2.05) is 17.1 Å². The van der Waals surface area contributed by atoms with Crippen molar-refractivity contribution in [1.82, 2.24) is 5.32 Å². The summed E-state index contributed by atoms with van der Waals surface area (Å²) in [7, 11) is 0. The maximum absolute atomic E-state index is 3.95. The summed E-state index contributed by atoms with van der Waals surface area (Å²) in [6.45, 7) is 0.684. The SMILES string of the molecule is Br/C=C/C1=CC=NCN1. The standard InChI is InChI=1S/C6H7BrN2/c7-3-1-6-2-4-8-5-9-6/h1-4,9H,5H2/b3-1+. The van der Waals surface area contributed by atoms with E-state index in [1.165, 1.54) is 0 Å². The van der Waals surface area contributed by atoms with Crippen molar-refractivity contribution < 1.29 is 0 Å². The predicted molar refractivity (Wildman–Crippen MR) is 42.6 cm³/mol. The smallest absolute Gasteiger partial charge is 0.107 e. The van der Waals surface area contributed by atoms with Crippen LogP contribution in [0.25, 0.3) is 0 Å². The van der Waals surface area contributed by atoms with Gasteiger partial charge in [-0.1, -0.05) is 15.9 Å². The Hall–Kier alpha value is -0.570. The van der Waals surface area contributed by atoms with Crippen LogP contribution < -0.4 is 5.32 Å². The van der Waals surface area contributed by atoms with Crippen molar-refractivity contribution in [1.29, 1.82) is 0 Å². The fraction of sp³-hybridized carbons (Fsp3) is 0.167. The molecule has 0 saturated carbocycles. The van der Waals surface area contributed by atoms with Crippen LogP contribution in [0.4, 0.5) is 0 Å². The van der Waals surface area contributed by atoms with Crippen molar-refractivity contribution in [2.75, 3.05) is 6.67 Å². The zero-order chi connectivity index (χ0) is 6.53. The van der Waals surface area contributed by atoms with E-state index in [9.17, 15) is 0 Å². The van der Waals surface area contributed by atoms with Crippen LogP contribution in [0.5, 0.6) is 0 Å². The summed E-state index contributed by atoms with van der Waals surface area (Å²) >= 11 is 3.18. The van der Waals surface area contributed by atoms with E-state index >= 15 is 0 Å². The highest BCUT2D eigenvalue weighted by molar-refractivity contribution is 9.11. The fourth-order valence-electron chi connectivity index (χ4n) is 0.564. The first-order valence-electron chi connectivity index (χ1n) is 2.64. The number of hydrogen-bond acceptors (Lipinski definition) is 2. The molecule has 1 rings (SSSR count). The molecule has 9 heavy (non-hydrogen) atoms. The second-order valence-corrected chi connectivity index (χ2v) is 2.11. The van der Waals surface area contributed by atoms with E-state index in [0.717, 1.165) is 5.70 Å². The first kappa shape index (κ1) is 6.55. The molecular formula is C6H7BrN2. The number of nitrogens with zero attached hydrogens (tertiary/aromatic N) is 1. The van der Waals surface area contributed by atoms with Gasteiger partial charge in [0, 0.05) is 11.9 Å². The van der Waals surface area contributed by atoms with Crippen LogP contribution >= 0.6 is 15.9 Å². The van der Waals surface area contributed by atoms with Crippen LogP contribution in [-0.2, 0) is 0 Å². The van der Waals surface area contributed by atoms with Gasteiger partial charge >= 0.3 is 0 Å². The highest BCUT2D eigenvalue weighted by atomic mass is 79.9. The number of allylic oxidation sites excluding steroid dienone is 2. The Morgan fingerprint density at radius 2 is 2.67 bits per heavy atom. The molecule has 0 radical (unpaired) electrons. The summed E-state index contributed by atoms with van der Waals surface area (Å²) in [5.74, 6) is 0. The second kappa shape index (κ2) is 3.45. The third kappa shape index (κ3) is 2.01. The minimum atomic E-state index is 0.684. The largest absolute Gasteiger partial charge is 0.366 e. The molecule has 0 amide bonds. The van der Waals surface area contributed by atoms with Crippen LogP contribution in [-0.4, -0.2) is 12.9 Å². The number of nitrogens with one attached hydrogen (secondary N) is 1. The molecule has 3 heteroatoms. The average molecular weight is 187 g/mol. The maximum atomic E-state index is 3.95. The lowest BCUT2D eigenvalue weighted by Crippen LogP contribution is -2.14. The third-order valence-electron chi connectivity index (χ3n) is 0.977. The molecule has 1 aliphatic rings. The molecule has 0 bridgehead atoms. The van der Waals surface area contributed by atoms with Crippen molar-refractivity contribution in [3.8, 4) is 0 Å². The Balaban J connectivity index is 2.57. The van der Waals surface area contributed by atoms with Gasteiger partial charge in [-0.3, -0.25) is 4.99 Å². The summed E-state index contributed by atoms with van der Waals surface area (Å²) in [6, 6.07) is 0. The highest BCUT2D eigenvalue weighted by Crippen LogP contribution is 1.96. The molecule has 0 unspecified atom stereocenters. The predicted octanol–water partition coefficient (Wildman–Crippen LogP) is 1.41. The minimum absolute atomic E-state index is 0.684. The van der Waals surface area contributed by atoms with E-state index < -0.39 is 0 Å². The van der Waals surface area contributed by atoms with Crippen molar-refractivity contribution in [3.05, 3.63) is 22.8 Å². The van der Waals surface area contributed by atoms with Gasteiger partial charge in [0.25, 0.3) is 0 Å². The summed E-state index contributed by atoms with van der Waals surface area (Å²) in [5, 5.41) is 3.07. The van der Waals surface area contributed by atoms with Crippen molar-refractivity contribution in [3.63, 3.8) is 0 Å². The molecule has 0 aliphatic carbocycles. The topological polar surface area (TPSA) is 24.4 Å². The Bertz CT molecular complexity index is 170. The van der Waals surface area contributed by atoms with Gasteiger partial charge in [0.05, 0.1) is 0 Å². The van der Waals surface area contributed by atoms with Gasteiger partial charge in [-0.25, -0.2) is 0 Å². The molecule has 0 spiro atoms. The van der Waals surface area contributed by atoms with Crippen LogP contribution in [0.1, 0.15) is 0 Å². The first-order valence-corrected chi connectivity index (χ1v) is 3.56. The van der Waals surface area contributed by atoms with Crippen LogP contribution in [0.2, 0.25) is 0 Å². The van der Waals surface area contributed by atoms with E-state index in [2.05, 4.69) is 26.2 Å². The highest BCUT2D eigenvalue weighted by Gasteiger charge is 1.90. The molecule has 1 aliphatic heterocycles. The number of aliphatic imine (C=N–C) groups is 1. The summed E-state index contributed by atoms with van der Waals surface area (Å²) in [6.07, 6.45) is 5.64. The molecular weight excluding hydrogens is 180 g/mol. The number of hydrogen-bond donors (Lipinski definition) is 1. The lowest BCUT2D eigenvalue weighted by molar-refractivity contribution is 0.843. The molecule has 1 N–H and O–H groups in total. The monoisotopic (exact) mass is 186 g/mol. The fourth-order valence-corrected chi connectivity index (χ4v) is 0.849. The van der Waals surface area contributed by atoms with Gasteiger partial charge in [0.2, 0.25) is 0 Å². The van der Waals surface area contributed by atoms with Crippen molar-refractivity contribution in [2.24, 2.45) is 4.99 Å². The maximum Gasteiger partial charge on any atom is 0.107 e. The van der Waals surface area contributed by atoms with Crippen molar-refractivity contribution >= 4 is 22.1 Å².